The number of likely N-dealkylation sites (tertiary alicyclic amines) is 1. The van der Waals surface area contributed by atoms with Crippen LogP contribution in [0.1, 0.15) is 36.5 Å². The van der Waals surface area contributed by atoms with E-state index in [0.29, 0.717) is 6.54 Å². The molecule has 1 aromatic carbocycles. The molecule has 1 aliphatic heterocycles. The van der Waals surface area contributed by atoms with Gasteiger partial charge < -0.3 is 10.0 Å². The van der Waals surface area contributed by atoms with E-state index in [-0.39, 0.29) is 24.5 Å². The van der Waals surface area contributed by atoms with Gasteiger partial charge >= 0.3 is 0 Å². The van der Waals surface area contributed by atoms with Crippen LogP contribution in [0, 0.1) is 19.8 Å². The fourth-order valence-electron chi connectivity index (χ4n) is 3.01. The molecular weight excluding hydrogens is 262 g/mol. The highest BCUT2D eigenvalue weighted by atomic mass is 16.3. The molecule has 2 atom stereocenters. The number of aryl methyl sites for hydroxylation is 2. The van der Waals surface area contributed by atoms with Crippen molar-refractivity contribution < 1.29 is 9.90 Å². The Bertz CT molecular complexity index is 516. The second-order valence-corrected chi connectivity index (χ2v) is 6.22. The molecule has 3 heteroatoms. The lowest BCUT2D eigenvalue weighted by Crippen LogP contribution is -2.45. The first-order chi connectivity index (χ1) is 9.99. The molecule has 0 radical (unpaired) electrons. The van der Waals surface area contributed by atoms with Gasteiger partial charge in [-0.25, -0.2) is 0 Å². The summed E-state index contributed by atoms with van der Waals surface area (Å²) in [6.07, 6.45) is 5.51. The molecule has 3 nitrogen and oxygen atoms in total. The molecule has 2 unspecified atom stereocenters. The van der Waals surface area contributed by atoms with Crippen LogP contribution in [0.5, 0.6) is 0 Å². The molecule has 114 valence electrons. The van der Waals surface area contributed by atoms with Gasteiger partial charge in [-0.05, 0) is 51.2 Å². The first kappa shape index (κ1) is 15.8. The molecule has 2 rings (SSSR count). The zero-order valence-corrected chi connectivity index (χ0v) is 13.2. The van der Waals surface area contributed by atoms with Crippen molar-refractivity contribution in [2.75, 3.05) is 13.2 Å². The number of amides is 1. The molecule has 1 aromatic rings. The van der Waals surface area contributed by atoms with Gasteiger partial charge in [0.15, 0.2) is 0 Å². The molecule has 0 saturated carbocycles. The number of carbonyl (C=O) groups excluding carboxylic acids is 1. The summed E-state index contributed by atoms with van der Waals surface area (Å²) in [4.78, 5) is 14.2. The monoisotopic (exact) mass is 287 g/mol. The van der Waals surface area contributed by atoms with Crippen molar-refractivity contribution in [2.45, 2.75) is 39.7 Å². The highest BCUT2D eigenvalue weighted by molar-refractivity contribution is 5.92. The van der Waals surface area contributed by atoms with Crippen molar-refractivity contribution in [2.24, 2.45) is 5.92 Å². The molecule has 0 bridgehead atoms. The second kappa shape index (κ2) is 6.90. The number of aliphatic hydroxyl groups excluding tert-OH is 1. The van der Waals surface area contributed by atoms with Gasteiger partial charge in [-0.1, -0.05) is 29.3 Å². The van der Waals surface area contributed by atoms with Crippen molar-refractivity contribution in [3.63, 3.8) is 0 Å². The van der Waals surface area contributed by atoms with Gasteiger partial charge in [0.1, 0.15) is 0 Å². The minimum absolute atomic E-state index is 0.0415. The van der Waals surface area contributed by atoms with E-state index >= 15 is 0 Å². The van der Waals surface area contributed by atoms with E-state index < -0.39 is 0 Å². The summed E-state index contributed by atoms with van der Waals surface area (Å²) in [6, 6.07) is 6.53. The summed E-state index contributed by atoms with van der Waals surface area (Å²) in [5, 5.41) is 9.29. The highest BCUT2D eigenvalue weighted by Gasteiger charge is 2.27. The van der Waals surface area contributed by atoms with Crippen molar-refractivity contribution in [1.82, 2.24) is 4.90 Å². The Hall–Kier alpha value is -1.61. The summed E-state index contributed by atoms with van der Waals surface area (Å²) >= 11 is 0. The molecule has 0 aliphatic carbocycles. The van der Waals surface area contributed by atoms with Crippen LogP contribution in [0.25, 0.3) is 6.08 Å². The van der Waals surface area contributed by atoms with Crippen LogP contribution in [0.4, 0.5) is 0 Å². The van der Waals surface area contributed by atoms with E-state index in [9.17, 15) is 9.90 Å². The first-order valence-corrected chi connectivity index (χ1v) is 7.67. The maximum Gasteiger partial charge on any atom is 0.246 e. The van der Waals surface area contributed by atoms with Gasteiger partial charge in [0.25, 0.3) is 0 Å². The Balaban J connectivity index is 2.07. The van der Waals surface area contributed by atoms with Gasteiger partial charge in [-0.15, -0.1) is 0 Å². The Morgan fingerprint density at radius 1 is 1.29 bits per heavy atom. The van der Waals surface area contributed by atoms with Gasteiger partial charge in [0.2, 0.25) is 5.91 Å². The van der Waals surface area contributed by atoms with Gasteiger partial charge in [-0.3, -0.25) is 4.79 Å². The van der Waals surface area contributed by atoms with Crippen molar-refractivity contribution >= 4 is 12.0 Å². The number of hydrogen-bond acceptors (Lipinski definition) is 2. The normalized spacial score (nSPS) is 22.8. The first-order valence-electron chi connectivity index (χ1n) is 7.67. The summed E-state index contributed by atoms with van der Waals surface area (Å²) in [7, 11) is 0. The summed E-state index contributed by atoms with van der Waals surface area (Å²) in [5.74, 6) is 0.263. The second-order valence-electron chi connectivity index (χ2n) is 6.22. The van der Waals surface area contributed by atoms with E-state index in [2.05, 4.69) is 39.0 Å². The standard InChI is InChI=1S/C18H25NO2/c1-13-8-14(2)10-16(9-13)6-7-18(21)19-11-17(12-20)5-4-15(19)3/h6-10,15,17,20H,4-5,11-12H2,1-3H3/b7-6+. The van der Waals surface area contributed by atoms with E-state index in [1.807, 2.05) is 11.0 Å². The van der Waals surface area contributed by atoms with E-state index in [0.717, 1.165) is 18.4 Å². The average Bonchev–Trinajstić information content (AvgIpc) is 2.44. The zero-order chi connectivity index (χ0) is 15.4. The zero-order valence-electron chi connectivity index (χ0n) is 13.2. The lowest BCUT2D eigenvalue weighted by molar-refractivity contribution is -0.130. The fraction of sp³-hybridized carbons (Fsp3) is 0.500. The number of hydrogen-bond donors (Lipinski definition) is 1. The minimum atomic E-state index is 0.0415. The Morgan fingerprint density at radius 3 is 2.57 bits per heavy atom. The van der Waals surface area contributed by atoms with E-state index in [1.165, 1.54) is 11.1 Å². The predicted octanol–water partition coefficient (Wildman–Crippen LogP) is 2.94. The van der Waals surface area contributed by atoms with Gasteiger partial charge in [0, 0.05) is 25.3 Å². The molecule has 0 spiro atoms. The van der Waals surface area contributed by atoms with Crippen molar-refractivity contribution in [3.05, 3.63) is 41.0 Å². The third kappa shape index (κ3) is 4.18. The summed E-state index contributed by atoms with van der Waals surface area (Å²) in [6.45, 7) is 7.02. The number of nitrogens with zero attached hydrogens (tertiary/aromatic N) is 1. The van der Waals surface area contributed by atoms with Crippen LogP contribution in [0.15, 0.2) is 24.3 Å². The van der Waals surface area contributed by atoms with Crippen LogP contribution in [0.3, 0.4) is 0 Å². The Labute approximate surface area is 127 Å². The molecule has 1 aliphatic rings. The topological polar surface area (TPSA) is 40.5 Å². The fourth-order valence-corrected chi connectivity index (χ4v) is 3.01. The average molecular weight is 287 g/mol. The van der Waals surface area contributed by atoms with Gasteiger partial charge in [0.05, 0.1) is 0 Å². The largest absolute Gasteiger partial charge is 0.396 e. The molecule has 0 aromatic heterocycles. The highest BCUT2D eigenvalue weighted by Crippen LogP contribution is 2.22. The smallest absolute Gasteiger partial charge is 0.246 e. The summed E-state index contributed by atoms with van der Waals surface area (Å²) < 4.78 is 0. The van der Waals surface area contributed by atoms with Crippen molar-refractivity contribution in [1.29, 1.82) is 0 Å². The maximum absolute atomic E-state index is 12.4. The number of rotatable bonds is 3. The number of piperidine rings is 1. The third-order valence-electron chi connectivity index (χ3n) is 4.18. The van der Waals surface area contributed by atoms with Crippen LogP contribution in [-0.4, -0.2) is 35.1 Å². The molecule has 21 heavy (non-hydrogen) atoms. The molecule has 1 amide bonds. The quantitative estimate of drug-likeness (QED) is 0.868. The Morgan fingerprint density at radius 2 is 1.95 bits per heavy atom. The summed E-state index contributed by atoms with van der Waals surface area (Å²) in [5.41, 5.74) is 3.46. The predicted molar refractivity (Wildman–Crippen MR) is 85.9 cm³/mol. The van der Waals surface area contributed by atoms with Crippen LogP contribution in [0.2, 0.25) is 0 Å². The molecule has 1 heterocycles. The van der Waals surface area contributed by atoms with E-state index in [4.69, 9.17) is 0 Å². The molecule has 1 fully saturated rings. The van der Waals surface area contributed by atoms with Gasteiger partial charge in [-0.2, -0.15) is 0 Å². The van der Waals surface area contributed by atoms with Crippen LogP contribution >= 0.6 is 0 Å². The maximum atomic E-state index is 12.4. The molecule has 1 N–H and O–H groups in total. The van der Waals surface area contributed by atoms with E-state index in [1.54, 1.807) is 6.08 Å². The number of carbonyl (C=O) groups is 1. The lowest BCUT2D eigenvalue weighted by atomic mass is 9.94. The molecule has 1 saturated heterocycles. The Kier molecular flexibility index (Phi) is 5.18. The lowest BCUT2D eigenvalue weighted by Gasteiger charge is -2.36. The van der Waals surface area contributed by atoms with Crippen molar-refractivity contribution in [3.8, 4) is 0 Å². The number of aliphatic hydroxyl groups is 1. The SMILES string of the molecule is Cc1cc(C)cc(/C=C/C(=O)N2CC(CO)CCC2C)c1. The van der Waals surface area contributed by atoms with Crippen LogP contribution < -0.4 is 0 Å². The molecular formula is C18H25NO2. The van der Waals surface area contributed by atoms with Crippen LogP contribution in [-0.2, 0) is 4.79 Å². The number of benzene rings is 1. The minimum Gasteiger partial charge on any atom is -0.396 e. The third-order valence-corrected chi connectivity index (χ3v) is 4.18.